The monoisotopic (exact) mass is 415 g/mol. The fraction of sp³-hybridized carbons (Fsp3) is 0.391. The Hall–Kier alpha value is -2.37. The van der Waals surface area contributed by atoms with E-state index in [1.807, 2.05) is 18.2 Å². The summed E-state index contributed by atoms with van der Waals surface area (Å²) in [6, 6.07) is 15.1. The Morgan fingerprint density at radius 2 is 1.66 bits per heavy atom. The van der Waals surface area contributed by atoms with Gasteiger partial charge in [0.1, 0.15) is 0 Å². The number of nitrogens with two attached hydrogens (primary N) is 1. The second-order valence-corrected chi connectivity index (χ2v) is 7.83. The summed E-state index contributed by atoms with van der Waals surface area (Å²) >= 11 is 0. The van der Waals surface area contributed by atoms with Gasteiger partial charge >= 0.3 is 0 Å². The Kier molecular flexibility index (Phi) is 7.82. The Labute approximate surface area is 179 Å². The molecule has 5 nitrogen and oxygen atoms in total. The predicted octanol–water partition coefficient (Wildman–Crippen LogP) is 4.03. The van der Waals surface area contributed by atoms with Crippen LogP contribution in [0.15, 0.2) is 48.5 Å². The van der Waals surface area contributed by atoms with Gasteiger partial charge in [-0.2, -0.15) is 0 Å². The van der Waals surface area contributed by atoms with Gasteiger partial charge in [0.25, 0.3) is 5.91 Å². The average molecular weight is 416 g/mol. The van der Waals surface area contributed by atoms with Crippen LogP contribution in [0.25, 0.3) is 0 Å². The number of benzene rings is 2. The minimum absolute atomic E-state index is 0. The predicted molar refractivity (Wildman–Crippen MR) is 120 cm³/mol. The molecule has 3 rings (SSSR count). The Morgan fingerprint density at radius 3 is 2.24 bits per heavy atom. The third-order valence-electron chi connectivity index (χ3n) is 5.28. The van der Waals surface area contributed by atoms with Gasteiger partial charge in [-0.1, -0.05) is 50.2 Å². The molecule has 0 spiro atoms. The molecule has 0 aromatic heterocycles. The Morgan fingerprint density at radius 1 is 1.07 bits per heavy atom. The smallest absolute Gasteiger partial charge is 0.253 e. The molecule has 6 heteroatoms. The van der Waals surface area contributed by atoms with Crippen molar-refractivity contribution in [2.75, 3.05) is 18.5 Å². The fourth-order valence-corrected chi connectivity index (χ4v) is 3.22. The van der Waals surface area contributed by atoms with Crippen LogP contribution in [-0.2, 0) is 4.79 Å². The molecular formula is C23H30ClN3O2. The summed E-state index contributed by atoms with van der Waals surface area (Å²) in [5.74, 6) is 0.419. The summed E-state index contributed by atoms with van der Waals surface area (Å²) < 4.78 is 0. The number of amides is 2. The van der Waals surface area contributed by atoms with Crippen molar-refractivity contribution in [3.8, 4) is 0 Å². The minimum Gasteiger partial charge on any atom is -0.350 e. The molecule has 2 aromatic rings. The number of halogens is 1. The molecule has 0 heterocycles. The highest BCUT2D eigenvalue weighted by molar-refractivity contribution is 6.05. The minimum atomic E-state index is -0.289. The zero-order valence-electron chi connectivity index (χ0n) is 17.2. The van der Waals surface area contributed by atoms with Crippen LogP contribution in [0.4, 0.5) is 5.69 Å². The van der Waals surface area contributed by atoms with Crippen LogP contribution < -0.4 is 16.0 Å². The van der Waals surface area contributed by atoms with Crippen molar-refractivity contribution in [1.29, 1.82) is 0 Å². The van der Waals surface area contributed by atoms with Crippen LogP contribution in [0, 0.1) is 5.92 Å². The zero-order chi connectivity index (χ0) is 20.3. The maximum absolute atomic E-state index is 12.8. The molecule has 2 aromatic carbocycles. The van der Waals surface area contributed by atoms with E-state index in [0.29, 0.717) is 23.7 Å². The van der Waals surface area contributed by atoms with Crippen LogP contribution in [0.5, 0.6) is 0 Å². The lowest BCUT2D eigenvalue weighted by Crippen LogP contribution is -2.34. The molecule has 1 aliphatic rings. The molecule has 1 aliphatic carbocycles. The van der Waals surface area contributed by atoms with E-state index in [2.05, 4.69) is 31.3 Å². The van der Waals surface area contributed by atoms with Crippen molar-refractivity contribution >= 4 is 29.9 Å². The van der Waals surface area contributed by atoms with Gasteiger partial charge in [-0.05, 0) is 42.0 Å². The molecule has 0 bridgehead atoms. The summed E-state index contributed by atoms with van der Waals surface area (Å²) in [6.45, 7) is 4.63. The summed E-state index contributed by atoms with van der Waals surface area (Å²) in [6.07, 6.45) is 1.87. The summed E-state index contributed by atoms with van der Waals surface area (Å²) in [7, 11) is 1.73. The van der Waals surface area contributed by atoms with E-state index in [9.17, 15) is 9.59 Å². The van der Waals surface area contributed by atoms with Crippen LogP contribution >= 0.6 is 12.4 Å². The van der Waals surface area contributed by atoms with E-state index < -0.39 is 0 Å². The lowest BCUT2D eigenvalue weighted by Gasteiger charge is -2.21. The fourth-order valence-electron chi connectivity index (χ4n) is 3.22. The normalized spacial score (nSPS) is 14.1. The summed E-state index contributed by atoms with van der Waals surface area (Å²) in [5.41, 5.74) is 9.63. The van der Waals surface area contributed by atoms with Crippen molar-refractivity contribution in [2.45, 2.75) is 38.6 Å². The molecule has 0 radical (unpaired) electrons. The maximum atomic E-state index is 12.8. The number of anilines is 1. The van der Waals surface area contributed by atoms with Crippen molar-refractivity contribution in [2.24, 2.45) is 11.7 Å². The van der Waals surface area contributed by atoms with Gasteiger partial charge in [-0.25, -0.2) is 0 Å². The molecule has 3 N–H and O–H groups in total. The first kappa shape index (κ1) is 22.9. The lowest BCUT2D eigenvalue weighted by atomic mass is 9.99. The Balaban J connectivity index is 0.00000300. The summed E-state index contributed by atoms with van der Waals surface area (Å²) in [4.78, 5) is 26.7. The van der Waals surface area contributed by atoms with Crippen LogP contribution in [0.1, 0.15) is 60.1 Å². The van der Waals surface area contributed by atoms with E-state index in [4.69, 9.17) is 5.73 Å². The third kappa shape index (κ3) is 5.58. The number of para-hydroxylation sites is 1. The van der Waals surface area contributed by atoms with E-state index in [0.717, 1.165) is 18.4 Å². The number of carbonyl (C=O) groups is 2. The topological polar surface area (TPSA) is 75.4 Å². The van der Waals surface area contributed by atoms with Gasteiger partial charge in [0, 0.05) is 25.6 Å². The first-order valence-corrected chi connectivity index (χ1v) is 9.88. The third-order valence-corrected chi connectivity index (χ3v) is 5.28. The van der Waals surface area contributed by atoms with Crippen molar-refractivity contribution in [3.63, 3.8) is 0 Å². The molecule has 1 atom stereocenters. The number of nitrogens with one attached hydrogen (secondary N) is 1. The van der Waals surface area contributed by atoms with Gasteiger partial charge in [-0.3, -0.25) is 9.59 Å². The SMILES string of the molecule is CC(C)c1ccc(C(N)CNC(=O)c2ccccc2N(C)C(=O)C2CC2)cc1.Cl. The lowest BCUT2D eigenvalue weighted by molar-refractivity contribution is -0.119. The zero-order valence-corrected chi connectivity index (χ0v) is 18.0. The van der Waals surface area contributed by atoms with E-state index in [1.165, 1.54) is 5.56 Å². The van der Waals surface area contributed by atoms with Crippen LogP contribution in [0.3, 0.4) is 0 Å². The van der Waals surface area contributed by atoms with E-state index >= 15 is 0 Å². The maximum Gasteiger partial charge on any atom is 0.253 e. The molecule has 1 fully saturated rings. The molecule has 29 heavy (non-hydrogen) atoms. The molecule has 1 unspecified atom stereocenters. The number of nitrogens with zero attached hydrogens (tertiary/aromatic N) is 1. The molecule has 0 aliphatic heterocycles. The highest BCUT2D eigenvalue weighted by Gasteiger charge is 2.33. The molecule has 0 saturated heterocycles. The average Bonchev–Trinajstić information content (AvgIpc) is 3.56. The highest BCUT2D eigenvalue weighted by Crippen LogP contribution is 2.33. The van der Waals surface area contributed by atoms with Gasteiger partial charge < -0.3 is 16.0 Å². The number of rotatable bonds is 7. The van der Waals surface area contributed by atoms with Gasteiger partial charge in [-0.15, -0.1) is 12.4 Å². The first-order valence-electron chi connectivity index (χ1n) is 9.88. The van der Waals surface area contributed by atoms with Gasteiger partial charge in [0.2, 0.25) is 5.91 Å². The van der Waals surface area contributed by atoms with Crippen LogP contribution in [-0.4, -0.2) is 25.4 Å². The standard InChI is InChI=1S/C23H29N3O2.ClH/c1-15(2)16-8-10-17(11-9-16)20(24)14-25-22(27)19-6-4-5-7-21(19)26(3)23(28)18-12-13-18;/h4-11,15,18,20H,12-14,24H2,1-3H3,(H,25,27);1H. The van der Waals surface area contributed by atoms with Crippen LogP contribution in [0.2, 0.25) is 0 Å². The van der Waals surface area contributed by atoms with Gasteiger partial charge in [0.15, 0.2) is 0 Å². The molecular weight excluding hydrogens is 386 g/mol. The van der Waals surface area contributed by atoms with Crippen molar-refractivity contribution in [1.82, 2.24) is 5.32 Å². The second-order valence-electron chi connectivity index (χ2n) is 7.83. The molecule has 1 saturated carbocycles. The number of hydrogen-bond acceptors (Lipinski definition) is 3. The first-order chi connectivity index (χ1) is 13.4. The van der Waals surface area contributed by atoms with E-state index in [-0.39, 0.29) is 36.2 Å². The quantitative estimate of drug-likeness (QED) is 0.716. The summed E-state index contributed by atoms with van der Waals surface area (Å²) in [5, 5.41) is 2.91. The highest BCUT2D eigenvalue weighted by atomic mass is 35.5. The molecule has 156 valence electrons. The largest absolute Gasteiger partial charge is 0.350 e. The number of carbonyl (C=O) groups excluding carboxylic acids is 2. The van der Waals surface area contributed by atoms with Crippen molar-refractivity contribution in [3.05, 3.63) is 65.2 Å². The van der Waals surface area contributed by atoms with Gasteiger partial charge in [0.05, 0.1) is 11.3 Å². The van der Waals surface area contributed by atoms with E-state index in [1.54, 1.807) is 30.1 Å². The van der Waals surface area contributed by atoms with Crippen molar-refractivity contribution < 1.29 is 9.59 Å². The number of hydrogen-bond donors (Lipinski definition) is 2. The molecule has 2 amide bonds. The Bertz CT molecular complexity index is 847. The second kappa shape index (κ2) is 9.90.